The molecule has 0 radical (unpaired) electrons. The van der Waals surface area contributed by atoms with Gasteiger partial charge in [0.15, 0.2) is 0 Å². The van der Waals surface area contributed by atoms with Gasteiger partial charge in [0.05, 0.1) is 22.9 Å². The van der Waals surface area contributed by atoms with Crippen molar-refractivity contribution in [3.63, 3.8) is 0 Å². The standard InChI is InChI=1S/C13H17ClF3NO2/c1-19-6-2-7-20-8-5-18-12-9-10(13(15,16)17)3-4-11(12)14/h3-4,9,18H,2,5-8H2,1H3. The number of halogens is 4. The minimum atomic E-state index is -4.38. The SMILES string of the molecule is COCCCOCCNc1cc(C(F)(F)F)ccc1Cl. The van der Waals surface area contributed by atoms with Crippen molar-refractivity contribution in [1.82, 2.24) is 0 Å². The predicted molar refractivity (Wildman–Crippen MR) is 72.3 cm³/mol. The highest BCUT2D eigenvalue weighted by Gasteiger charge is 2.30. The zero-order valence-electron chi connectivity index (χ0n) is 11.1. The van der Waals surface area contributed by atoms with Crippen LogP contribution in [0.2, 0.25) is 5.02 Å². The van der Waals surface area contributed by atoms with E-state index in [1.54, 1.807) is 7.11 Å². The fourth-order valence-corrected chi connectivity index (χ4v) is 1.69. The van der Waals surface area contributed by atoms with Gasteiger partial charge in [-0.15, -0.1) is 0 Å². The summed E-state index contributed by atoms with van der Waals surface area (Å²) < 4.78 is 47.8. The van der Waals surface area contributed by atoms with Gasteiger partial charge in [-0.3, -0.25) is 0 Å². The van der Waals surface area contributed by atoms with Gasteiger partial charge >= 0.3 is 6.18 Å². The lowest BCUT2D eigenvalue weighted by Crippen LogP contribution is -2.12. The van der Waals surface area contributed by atoms with E-state index in [0.29, 0.717) is 26.4 Å². The van der Waals surface area contributed by atoms with E-state index < -0.39 is 11.7 Å². The molecule has 0 heterocycles. The molecule has 0 fully saturated rings. The van der Waals surface area contributed by atoms with Crippen molar-refractivity contribution >= 4 is 17.3 Å². The summed E-state index contributed by atoms with van der Waals surface area (Å²) in [5.41, 5.74) is -0.479. The van der Waals surface area contributed by atoms with Crippen LogP contribution in [0, 0.1) is 0 Å². The highest BCUT2D eigenvalue weighted by molar-refractivity contribution is 6.33. The van der Waals surface area contributed by atoms with Gasteiger partial charge < -0.3 is 14.8 Å². The van der Waals surface area contributed by atoms with Crippen LogP contribution >= 0.6 is 11.6 Å². The van der Waals surface area contributed by atoms with E-state index >= 15 is 0 Å². The molecule has 0 atom stereocenters. The average molecular weight is 312 g/mol. The van der Waals surface area contributed by atoms with Gasteiger partial charge in [0, 0.05) is 26.9 Å². The first-order chi connectivity index (χ1) is 9.45. The topological polar surface area (TPSA) is 30.5 Å². The van der Waals surface area contributed by atoms with Gasteiger partial charge in [-0.05, 0) is 24.6 Å². The Balaban J connectivity index is 2.40. The number of nitrogens with one attached hydrogen (secondary N) is 1. The average Bonchev–Trinajstić information content (AvgIpc) is 2.38. The van der Waals surface area contributed by atoms with E-state index in [2.05, 4.69) is 5.32 Å². The summed E-state index contributed by atoms with van der Waals surface area (Å²) in [4.78, 5) is 0. The smallest absolute Gasteiger partial charge is 0.385 e. The lowest BCUT2D eigenvalue weighted by molar-refractivity contribution is -0.137. The van der Waals surface area contributed by atoms with Crippen LogP contribution in [0.3, 0.4) is 0 Å². The van der Waals surface area contributed by atoms with E-state index in [0.717, 1.165) is 18.6 Å². The molecule has 0 bridgehead atoms. The Morgan fingerprint density at radius 1 is 1.20 bits per heavy atom. The van der Waals surface area contributed by atoms with Crippen molar-refractivity contribution in [2.45, 2.75) is 12.6 Å². The number of methoxy groups -OCH3 is 1. The fourth-order valence-electron chi connectivity index (χ4n) is 1.50. The first-order valence-electron chi connectivity index (χ1n) is 6.12. The fraction of sp³-hybridized carbons (Fsp3) is 0.538. The molecule has 1 aromatic rings. The molecule has 0 aliphatic rings. The molecule has 20 heavy (non-hydrogen) atoms. The Labute approximate surface area is 121 Å². The van der Waals surface area contributed by atoms with Gasteiger partial charge in [0.25, 0.3) is 0 Å². The lowest BCUT2D eigenvalue weighted by Gasteiger charge is -2.12. The molecule has 0 aliphatic carbocycles. The zero-order valence-corrected chi connectivity index (χ0v) is 11.9. The summed E-state index contributed by atoms with van der Waals surface area (Å²) in [7, 11) is 1.61. The minimum absolute atomic E-state index is 0.248. The second-order valence-corrected chi connectivity index (χ2v) is 4.49. The number of hydrogen-bond donors (Lipinski definition) is 1. The molecule has 3 nitrogen and oxygen atoms in total. The second kappa shape index (κ2) is 8.34. The Morgan fingerprint density at radius 3 is 2.60 bits per heavy atom. The van der Waals surface area contributed by atoms with Crippen LogP contribution in [0.4, 0.5) is 18.9 Å². The van der Waals surface area contributed by atoms with Gasteiger partial charge in [-0.1, -0.05) is 11.6 Å². The molecule has 1 N–H and O–H groups in total. The van der Waals surface area contributed by atoms with Crippen molar-refractivity contribution in [3.8, 4) is 0 Å². The summed E-state index contributed by atoms with van der Waals surface area (Å²) >= 11 is 5.84. The van der Waals surface area contributed by atoms with Gasteiger partial charge in [0.2, 0.25) is 0 Å². The maximum Gasteiger partial charge on any atom is 0.416 e. The third-order valence-corrected chi connectivity index (χ3v) is 2.82. The van der Waals surface area contributed by atoms with Crippen LogP contribution in [0.5, 0.6) is 0 Å². The van der Waals surface area contributed by atoms with Crippen LogP contribution in [0.15, 0.2) is 18.2 Å². The van der Waals surface area contributed by atoms with Crippen molar-refractivity contribution < 1.29 is 22.6 Å². The number of rotatable bonds is 8. The first-order valence-corrected chi connectivity index (χ1v) is 6.50. The highest BCUT2D eigenvalue weighted by Crippen LogP contribution is 2.33. The van der Waals surface area contributed by atoms with E-state index in [9.17, 15) is 13.2 Å². The van der Waals surface area contributed by atoms with E-state index in [1.807, 2.05) is 0 Å². The molecule has 1 aromatic carbocycles. The van der Waals surface area contributed by atoms with Crippen LogP contribution < -0.4 is 5.32 Å². The molecule has 0 amide bonds. The molecule has 0 spiro atoms. The van der Waals surface area contributed by atoms with Crippen LogP contribution in [0.25, 0.3) is 0 Å². The summed E-state index contributed by atoms with van der Waals surface area (Å²) in [6, 6.07) is 3.17. The Bertz CT molecular complexity index is 413. The minimum Gasteiger partial charge on any atom is -0.385 e. The third-order valence-electron chi connectivity index (χ3n) is 2.49. The summed E-state index contributed by atoms with van der Waals surface area (Å²) in [5, 5.41) is 3.08. The number of alkyl halides is 3. The molecule has 1 rings (SSSR count). The van der Waals surface area contributed by atoms with E-state index in [1.165, 1.54) is 6.07 Å². The van der Waals surface area contributed by atoms with Crippen LogP contribution in [-0.4, -0.2) is 33.5 Å². The number of benzene rings is 1. The molecular formula is C13H17ClF3NO2. The molecule has 7 heteroatoms. The number of hydrogen-bond acceptors (Lipinski definition) is 3. The molecule has 0 saturated carbocycles. The van der Waals surface area contributed by atoms with Crippen LogP contribution in [-0.2, 0) is 15.7 Å². The summed E-state index contributed by atoms with van der Waals surface area (Å²) in [6.45, 7) is 1.93. The maximum absolute atomic E-state index is 12.6. The number of anilines is 1. The summed E-state index contributed by atoms with van der Waals surface area (Å²) in [5.74, 6) is 0. The largest absolute Gasteiger partial charge is 0.416 e. The van der Waals surface area contributed by atoms with E-state index in [4.69, 9.17) is 21.1 Å². The first kappa shape index (κ1) is 17.1. The molecule has 0 saturated heterocycles. The molecular weight excluding hydrogens is 295 g/mol. The highest BCUT2D eigenvalue weighted by atomic mass is 35.5. The monoisotopic (exact) mass is 311 g/mol. The quantitative estimate of drug-likeness (QED) is 0.740. The second-order valence-electron chi connectivity index (χ2n) is 4.08. The van der Waals surface area contributed by atoms with Gasteiger partial charge in [0.1, 0.15) is 0 Å². The Hall–Kier alpha value is -0.980. The van der Waals surface area contributed by atoms with Gasteiger partial charge in [-0.2, -0.15) is 13.2 Å². The van der Waals surface area contributed by atoms with Gasteiger partial charge in [-0.25, -0.2) is 0 Å². The van der Waals surface area contributed by atoms with Crippen molar-refractivity contribution in [3.05, 3.63) is 28.8 Å². The Kier molecular flexibility index (Phi) is 7.12. The van der Waals surface area contributed by atoms with Crippen molar-refractivity contribution in [2.75, 3.05) is 38.8 Å². The van der Waals surface area contributed by atoms with Crippen molar-refractivity contribution in [1.29, 1.82) is 0 Å². The molecule has 114 valence electrons. The number of ether oxygens (including phenoxy) is 2. The summed E-state index contributed by atoms with van der Waals surface area (Å²) in [6.07, 6.45) is -3.60. The molecule has 0 unspecified atom stereocenters. The van der Waals surface area contributed by atoms with Crippen molar-refractivity contribution in [2.24, 2.45) is 0 Å². The maximum atomic E-state index is 12.6. The lowest BCUT2D eigenvalue weighted by atomic mass is 10.2. The normalized spacial score (nSPS) is 11.7. The predicted octanol–water partition coefficient (Wildman–Crippen LogP) is 3.82. The van der Waals surface area contributed by atoms with E-state index in [-0.39, 0.29) is 10.7 Å². The van der Waals surface area contributed by atoms with Crippen LogP contribution in [0.1, 0.15) is 12.0 Å². The third kappa shape index (κ3) is 5.98. The zero-order chi connectivity index (χ0) is 15.0. The molecule has 0 aromatic heterocycles. The molecule has 0 aliphatic heterocycles. The Morgan fingerprint density at radius 2 is 1.95 bits per heavy atom.